The molecule has 200 valence electrons. The summed E-state index contributed by atoms with van der Waals surface area (Å²) in [4.78, 5) is 41.4. The number of anilines is 1. The first-order valence-corrected chi connectivity index (χ1v) is 12.9. The van der Waals surface area contributed by atoms with Gasteiger partial charge in [-0.25, -0.2) is 9.18 Å². The molecule has 2 fully saturated rings. The fourth-order valence-corrected chi connectivity index (χ4v) is 4.23. The van der Waals surface area contributed by atoms with Gasteiger partial charge in [-0.3, -0.25) is 14.5 Å². The van der Waals surface area contributed by atoms with Crippen LogP contribution in [0.3, 0.4) is 0 Å². The van der Waals surface area contributed by atoms with E-state index in [0.717, 1.165) is 18.4 Å². The third-order valence-electron chi connectivity index (χ3n) is 6.75. The van der Waals surface area contributed by atoms with Crippen LogP contribution in [0.1, 0.15) is 53.0 Å². The number of terminal acetylenes is 1. The number of carbonyl (C=O) groups excluding carboxylic acids is 3. The summed E-state index contributed by atoms with van der Waals surface area (Å²) < 4.78 is 14.6. The van der Waals surface area contributed by atoms with Crippen LogP contribution in [0.5, 0.6) is 0 Å². The molecule has 2 aliphatic rings. The topological polar surface area (TPSA) is 93.8 Å². The predicted octanol–water partition coefficient (Wildman–Crippen LogP) is 3.46. The summed E-state index contributed by atoms with van der Waals surface area (Å²) in [5, 5.41) is 8.06. The van der Waals surface area contributed by atoms with E-state index in [1.54, 1.807) is 24.8 Å². The largest absolute Gasteiger partial charge is 0.338 e. The summed E-state index contributed by atoms with van der Waals surface area (Å²) in [6.07, 6.45) is 7.69. The lowest BCUT2D eigenvalue weighted by atomic mass is 10.0. The van der Waals surface area contributed by atoms with Crippen molar-refractivity contribution in [3.63, 3.8) is 0 Å². The van der Waals surface area contributed by atoms with E-state index >= 15 is 0 Å². The van der Waals surface area contributed by atoms with Crippen molar-refractivity contribution in [2.45, 2.75) is 38.8 Å². The molecule has 1 saturated carbocycles. The molecule has 4 rings (SSSR count). The zero-order chi connectivity index (χ0) is 27.3. The van der Waals surface area contributed by atoms with Crippen LogP contribution in [0, 0.1) is 24.1 Å². The van der Waals surface area contributed by atoms with Crippen LogP contribution >= 0.6 is 0 Å². The van der Waals surface area contributed by atoms with Crippen LogP contribution in [0.2, 0.25) is 0 Å². The van der Waals surface area contributed by atoms with Crippen LogP contribution in [-0.2, 0) is 6.54 Å². The van der Waals surface area contributed by atoms with Crippen LogP contribution in [0.4, 0.5) is 14.9 Å². The molecule has 9 heteroatoms. The summed E-state index contributed by atoms with van der Waals surface area (Å²) in [5.41, 5.74) is 1.08. The Hall–Kier alpha value is -3.90. The zero-order valence-electron chi connectivity index (χ0n) is 21.9. The number of carbonyl (C=O) groups is 3. The lowest BCUT2D eigenvalue weighted by Gasteiger charge is -2.35. The number of nitrogens with one attached hydrogen (secondary N) is 3. The van der Waals surface area contributed by atoms with Crippen LogP contribution in [-0.4, -0.2) is 65.9 Å². The maximum Gasteiger partial charge on any atom is 0.319 e. The molecule has 2 aromatic carbocycles. The summed E-state index contributed by atoms with van der Waals surface area (Å²) in [5.74, 6) is 1.96. The molecule has 3 N–H and O–H groups in total. The minimum absolute atomic E-state index is 0.0402. The van der Waals surface area contributed by atoms with Gasteiger partial charge in [-0.05, 0) is 68.5 Å². The number of hydrogen-bond acceptors (Lipinski definition) is 4. The van der Waals surface area contributed by atoms with E-state index in [-0.39, 0.29) is 23.1 Å². The van der Waals surface area contributed by atoms with Gasteiger partial charge in [0.15, 0.2) is 0 Å². The number of urea groups is 1. The van der Waals surface area contributed by atoms with Crippen LogP contribution in [0.15, 0.2) is 42.5 Å². The smallest absolute Gasteiger partial charge is 0.319 e. The lowest BCUT2D eigenvalue weighted by molar-refractivity contribution is 0.0627. The number of piperazine rings is 1. The van der Waals surface area contributed by atoms with Gasteiger partial charge in [0.25, 0.3) is 11.8 Å². The number of benzene rings is 2. The molecule has 8 nitrogen and oxygen atoms in total. The van der Waals surface area contributed by atoms with Crippen molar-refractivity contribution >= 4 is 23.5 Å². The maximum absolute atomic E-state index is 14.6. The number of halogens is 1. The average Bonchev–Trinajstić information content (AvgIpc) is 3.73. The Kier molecular flexibility index (Phi) is 8.32. The van der Waals surface area contributed by atoms with E-state index in [0.29, 0.717) is 50.7 Å². The highest BCUT2D eigenvalue weighted by Crippen LogP contribution is 2.27. The van der Waals surface area contributed by atoms with Gasteiger partial charge in [-0.15, -0.1) is 6.42 Å². The third-order valence-corrected chi connectivity index (χ3v) is 6.75. The molecule has 1 aliphatic heterocycles. The highest BCUT2D eigenvalue weighted by atomic mass is 19.1. The monoisotopic (exact) mass is 519 g/mol. The lowest BCUT2D eigenvalue weighted by Crippen LogP contribution is -2.48. The highest BCUT2D eigenvalue weighted by molar-refractivity contribution is 5.96. The van der Waals surface area contributed by atoms with Crippen molar-refractivity contribution < 1.29 is 18.8 Å². The molecular weight excluding hydrogens is 485 g/mol. The van der Waals surface area contributed by atoms with Crippen LogP contribution in [0.25, 0.3) is 0 Å². The molecule has 1 aliphatic carbocycles. The Morgan fingerprint density at radius 3 is 2.45 bits per heavy atom. The summed E-state index contributed by atoms with van der Waals surface area (Å²) >= 11 is 0. The molecule has 0 atom stereocenters. The minimum atomic E-state index is -0.736. The molecular formula is C29H34FN5O3. The molecule has 0 radical (unpaired) electrons. The van der Waals surface area contributed by atoms with Gasteiger partial charge in [-0.2, -0.15) is 0 Å². The van der Waals surface area contributed by atoms with Crippen molar-refractivity contribution in [3.8, 4) is 12.3 Å². The molecule has 2 aromatic rings. The first-order chi connectivity index (χ1) is 18.1. The maximum atomic E-state index is 14.6. The van der Waals surface area contributed by atoms with Crippen molar-refractivity contribution in [2.75, 3.05) is 38.0 Å². The van der Waals surface area contributed by atoms with Gasteiger partial charge in [0.1, 0.15) is 5.82 Å². The third kappa shape index (κ3) is 7.33. The Morgan fingerprint density at radius 2 is 1.79 bits per heavy atom. The Labute approximate surface area is 222 Å². The summed E-state index contributed by atoms with van der Waals surface area (Å²) in [6.45, 7) is 7.06. The second kappa shape index (κ2) is 11.7. The van der Waals surface area contributed by atoms with Gasteiger partial charge in [0.05, 0.1) is 11.2 Å². The second-order valence-corrected chi connectivity index (χ2v) is 10.5. The van der Waals surface area contributed by atoms with E-state index in [1.807, 2.05) is 18.2 Å². The second-order valence-electron chi connectivity index (χ2n) is 10.5. The molecule has 38 heavy (non-hydrogen) atoms. The fourth-order valence-electron chi connectivity index (χ4n) is 4.23. The van der Waals surface area contributed by atoms with Crippen molar-refractivity contribution in [3.05, 3.63) is 65.0 Å². The number of amides is 4. The first kappa shape index (κ1) is 27.1. The quantitative estimate of drug-likeness (QED) is 0.466. The Balaban J connectivity index is 1.28. The van der Waals surface area contributed by atoms with E-state index in [4.69, 9.17) is 6.42 Å². The van der Waals surface area contributed by atoms with E-state index in [1.165, 1.54) is 18.2 Å². The average molecular weight is 520 g/mol. The molecule has 0 spiro atoms. The highest BCUT2D eigenvalue weighted by Gasteiger charge is 2.24. The SMILES string of the molecule is C#CC(C)(C)NC(=O)c1cccc(CN2CCN(C(=O)c3ccc(NC(=O)NCC4CC4)c(F)c3)CC2)c1. The van der Waals surface area contributed by atoms with Crippen LogP contribution < -0.4 is 16.0 Å². The predicted molar refractivity (Wildman–Crippen MR) is 144 cm³/mol. The van der Waals surface area contributed by atoms with E-state index in [9.17, 15) is 18.8 Å². The fraction of sp³-hybridized carbons (Fsp3) is 0.414. The molecule has 1 heterocycles. The Bertz CT molecular complexity index is 1240. The normalized spacial score (nSPS) is 15.9. The number of nitrogens with zero attached hydrogens (tertiary/aromatic N) is 2. The van der Waals surface area contributed by atoms with Gasteiger partial charge < -0.3 is 20.9 Å². The Morgan fingerprint density at radius 1 is 1.05 bits per heavy atom. The van der Waals surface area contributed by atoms with Gasteiger partial charge in [0.2, 0.25) is 0 Å². The van der Waals surface area contributed by atoms with E-state index < -0.39 is 17.4 Å². The number of hydrogen-bond donors (Lipinski definition) is 3. The first-order valence-electron chi connectivity index (χ1n) is 12.9. The van der Waals surface area contributed by atoms with Gasteiger partial charge in [0, 0.05) is 50.4 Å². The van der Waals surface area contributed by atoms with Gasteiger partial charge in [-0.1, -0.05) is 18.1 Å². The molecule has 0 unspecified atom stereocenters. The van der Waals surface area contributed by atoms with E-state index in [2.05, 4.69) is 26.8 Å². The molecule has 0 bridgehead atoms. The standard InChI is InChI=1S/C29H34FN5O3/c1-4-29(2,3)33-26(36)22-7-5-6-21(16-22)19-34-12-14-35(15-13-34)27(37)23-10-11-25(24(30)17-23)32-28(38)31-18-20-8-9-20/h1,5-7,10-11,16-17,20H,8-9,12-15,18-19H2,2-3H3,(H,33,36)(H2,31,32,38). The number of rotatable bonds is 8. The van der Waals surface area contributed by atoms with Crippen molar-refractivity contribution in [1.82, 2.24) is 20.4 Å². The minimum Gasteiger partial charge on any atom is -0.338 e. The van der Waals surface area contributed by atoms with Crippen molar-refractivity contribution in [1.29, 1.82) is 0 Å². The molecule has 1 saturated heterocycles. The molecule has 0 aromatic heterocycles. The zero-order valence-corrected chi connectivity index (χ0v) is 21.9. The van der Waals surface area contributed by atoms with Gasteiger partial charge >= 0.3 is 6.03 Å². The molecule has 4 amide bonds. The summed E-state index contributed by atoms with van der Waals surface area (Å²) in [7, 11) is 0. The summed E-state index contributed by atoms with van der Waals surface area (Å²) in [6, 6.07) is 11.1. The van der Waals surface area contributed by atoms with Crippen molar-refractivity contribution in [2.24, 2.45) is 5.92 Å².